The fourth-order valence-corrected chi connectivity index (χ4v) is 4.13. The van der Waals surface area contributed by atoms with E-state index in [4.69, 9.17) is 18.9 Å². The van der Waals surface area contributed by atoms with Crippen LogP contribution in [0.5, 0.6) is 17.2 Å². The number of rotatable bonds is 9. The Morgan fingerprint density at radius 1 is 1.09 bits per heavy atom. The van der Waals surface area contributed by atoms with Gasteiger partial charge in [0.25, 0.3) is 0 Å². The summed E-state index contributed by atoms with van der Waals surface area (Å²) < 4.78 is 21.7. The third-order valence-electron chi connectivity index (χ3n) is 5.97. The van der Waals surface area contributed by atoms with Crippen molar-refractivity contribution in [1.82, 2.24) is 9.88 Å². The first-order chi connectivity index (χ1) is 17.2. The van der Waals surface area contributed by atoms with Gasteiger partial charge in [0.05, 0.1) is 51.3 Å². The molecule has 0 unspecified atom stereocenters. The average molecular weight is 475 g/mol. The zero-order valence-corrected chi connectivity index (χ0v) is 20.3. The van der Waals surface area contributed by atoms with Crippen LogP contribution in [0.4, 0.5) is 11.4 Å². The van der Waals surface area contributed by atoms with E-state index in [1.54, 1.807) is 39.7 Å². The molecule has 1 aliphatic heterocycles. The second-order valence-electron chi connectivity index (χ2n) is 8.12. The number of hydrogen-bond acceptors (Lipinski definition) is 8. The van der Waals surface area contributed by atoms with Crippen molar-refractivity contribution in [2.75, 3.05) is 59.5 Å². The fraction of sp³-hybridized carbons (Fsp3) is 0.333. The minimum atomic E-state index is 0.444. The van der Waals surface area contributed by atoms with Crippen LogP contribution in [-0.2, 0) is 4.74 Å². The Bertz CT molecular complexity index is 1220. The number of methoxy groups -OCH3 is 3. The largest absolute Gasteiger partial charge is 0.493 e. The molecule has 182 valence electrons. The van der Waals surface area contributed by atoms with Crippen LogP contribution in [0.25, 0.3) is 17.0 Å². The molecule has 2 aromatic carbocycles. The van der Waals surface area contributed by atoms with Crippen LogP contribution < -0.4 is 19.5 Å². The van der Waals surface area contributed by atoms with Crippen LogP contribution in [0.1, 0.15) is 17.5 Å². The molecule has 4 rings (SSSR count). The predicted molar refractivity (Wildman–Crippen MR) is 137 cm³/mol. The van der Waals surface area contributed by atoms with Gasteiger partial charge in [0.1, 0.15) is 6.07 Å². The molecule has 8 heteroatoms. The van der Waals surface area contributed by atoms with E-state index in [1.807, 2.05) is 18.2 Å². The summed E-state index contributed by atoms with van der Waals surface area (Å²) in [4.78, 5) is 6.94. The molecule has 1 N–H and O–H groups in total. The Balaban J connectivity index is 1.58. The summed E-state index contributed by atoms with van der Waals surface area (Å²) in [6.07, 6.45) is 6.88. The van der Waals surface area contributed by atoms with E-state index >= 15 is 0 Å². The van der Waals surface area contributed by atoms with Crippen molar-refractivity contribution in [3.63, 3.8) is 0 Å². The van der Waals surface area contributed by atoms with Crippen molar-refractivity contribution in [1.29, 1.82) is 5.26 Å². The number of anilines is 2. The lowest BCUT2D eigenvalue weighted by Gasteiger charge is -2.25. The molecule has 3 aromatic rings. The quantitative estimate of drug-likeness (QED) is 0.481. The Kier molecular flexibility index (Phi) is 8.03. The lowest BCUT2D eigenvalue weighted by molar-refractivity contribution is 0.0387. The highest BCUT2D eigenvalue weighted by Crippen LogP contribution is 2.41. The molecule has 1 aromatic heterocycles. The van der Waals surface area contributed by atoms with Gasteiger partial charge in [-0.1, -0.05) is 24.3 Å². The van der Waals surface area contributed by atoms with Gasteiger partial charge in [-0.25, -0.2) is 0 Å². The Labute approximate surface area is 205 Å². The molecule has 2 heterocycles. The summed E-state index contributed by atoms with van der Waals surface area (Å²) in [5, 5.41) is 13.9. The third kappa shape index (κ3) is 5.65. The topological polar surface area (TPSA) is 88.9 Å². The number of nitriles is 1. The summed E-state index contributed by atoms with van der Waals surface area (Å²) in [5.41, 5.74) is 3.69. The molecule has 1 saturated heterocycles. The van der Waals surface area contributed by atoms with E-state index in [2.05, 4.69) is 33.4 Å². The second kappa shape index (κ2) is 11.6. The smallest absolute Gasteiger partial charge is 0.203 e. The van der Waals surface area contributed by atoms with Gasteiger partial charge in [0.2, 0.25) is 5.75 Å². The number of pyridine rings is 1. The van der Waals surface area contributed by atoms with Gasteiger partial charge in [0, 0.05) is 49.0 Å². The molecular formula is C27H30N4O4. The Hall–Kier alpha value is -3.80. The van der Waals surface area contributed by atoms with E-state index in [0.717, 1.165) is 55.7 Å². The van der Waals surface area contributed by atoms with Gasteiger partial charge in [-0.3, -0.25) is 9.88 Å². The van der Waals surface area contributed by atoms with Crippen LogP contribution in [-0.4, -0.2) is 64.1 Å². The van der Waals surface area contributed by atoms with Crippen molar-refractivity contribution >= 4 is 28.4 Å². The predicted octanol–water partition coefficient (Wildman–Crippen LogP) is 4.61. The molecule has 0 spiro atoms. The first-order valence-corrected chi connectivity index (χ1v) is 11.5. The minimum Gasteiger partial charge on any atom is -0.493 e. The molecule has 0 aliphatic carbocycles. The zero-order valence-electron chi connectivity index (χ0n) is 20.3. The first kappa shape index (κ1) is 24.3. The molecule has 0 saturated carbocycles. The van der Waals surface area contributed by atoms with Gasteiger partial charge in [-0.05, 0) is 18.1 Å². The second-order valence-corrected chi connectivity index (χ2v) is 8.12. The molecule has 1 aliphatic rings. The molecule has 0 radical (unpaired) electrons. The van der Waals surface area contributed by atoms with Crippen LogP contribution in [0.2, 0.25) is 0 Å². The Morgan fingerprint density at radius 3 is 2.49 bits per heavy atom. The number of nitrogens with zero attached hydrogens (tertiary/aromatic N) is 3. The normalized spacial score (nSPS) is 14.1. The maximum atomic E-state index is 9.72. The minimum absolute atomic E-state index is 0.444. The number of ether oxygens (including phenoxy) is 4. The van der Waals surface area contributed by atoms with Crippen LogP contribution >= 0.6 is 0 Å². The van der Waals surface area contributed by atoms with Crippen LogP contribution in [0, 0.1) is 11.3 Å². The number of hydrogen-bond donors (Lipinski definition) is 1. The molecule has 35 heavy (non-hydrogen) atoms. The van der Waals surface area contributed by atoms with Crippen molar-refractivity contribution in [3.8, 4) is 23.3 Å². The maximum Gasteiger partial charge on any atom is 0.203 e. The highest BCUT2D eigenvalue weighted by molar-refractivity contribution is 5.96. The van der Waals surface area contributed by atoms with E-state index in [0.29, 0.717) is 34.2 Å². The summed E-state index contributed by atoms with van der Waals surface area (Å²) >= 11 is 0. The van der Waals surface area contributed by atoms with E-state index in [1.165, 1.54) is 0 Å². The molecular weight excluding hydrogens is 444 g/mol. The van der Waals surface area contributed by atoms with Crippen molar-refractivity contribution in [2.24, 2.45) is 0 Å². The van der Waals surface area contributed by atoms with E-state index in [9.17, 15) is 5.26 Å². The molecule has 0 amide bonds. The molecule has 1 fully saturated rings. The highest BCUT2D eigenvalue weighted by atomic mass is 16.5. The van der Waals surface area contributed by atoms with Crippen molar-refractivity contribution in [2.45, 2.75) is 6.42 Å². The summed E-state index contributed by atoms with van der Waals surface area (Å²) in [6, 6.07) is 11.9. The average Bonchev–Trinajstić information content (AvgIpc) is 2.91. The molecule has 0 bridgehead atoms. The number of morpholine rings is 1. The van der Waals surface area contributed by atoms with Gasteiger partial charge in [-0.15, -0.1) is 0 Å². The molecule has 0 atom stereocenters. The van der Waals surface area contributed by atoms with E-state index < -0.39 is 0 Å². The third-order valence-corrected chi connectivity index (χ3v) is 5.97. The fourth-order valence-electron chi connectivity index (χ4n) is 4.13. The number of benzene rings is 2. The molecule has 8 nitrogen and oxygen atoms in total. The highest BCUT2D eigenvalue weighted by Gasteiger charge is 2.16. The Morgan fingerprint density at radius 2 is 1.83 bits per heavy atom. The lowest BCUT2D eigenvalue weighted by Crippen LogP contribution is -2.36. The standard InChI is InChI=1S/C27H30N4O4/c1-32-24-15-21(16-25(33-2)27(24)34-3)30-26-20(17-28)18-29-23-14-19(7-8-22(23)26)6-4-5-9-31-10-12-35-13-11-31/h4,6-8,14-16,18H,5,9-13H2,1-3H3,(H,29,30). The summed E-state index contributed by atoms with van der Waals surface area (Å²) in [7, 11) is 4.70. The van der Waals surface area contributed by atoms with Gasteiger partial charge < -0.3 is 24.3 Å². The summed E-state index contributed by atoms with van der Waals surface area (Å²) in [6.45, 7) is 4.65. The monoisotopic (exact) mass is 474 g/mol. The first-order valence-electron chi connectivity index (χ1n) is 11.5. The van der Waals surface area contributed by atoms with Crippen molar-refractivity contribution in [3.05, 3.63) is 53.7 Å². The maximum absolute atomic E-state index is 9.72. The zero-order chi connectivity index (χ0) is 24.6. The van der Waals surface area contributed by atoms with Gasteiger partial charge in [-0.2, -0.15) is 5.26 Å². The number of fused-ring (bicyclic) bond motifs is 1. The lowest BCUT2D eigenvalue weighted by atomic mass is 10.1. The van der Waals surface area contributed by atoms with E-state index in [-0.39, 0.29) is 0 Å². The van der Waals surface area contributed by atoms with Gasteiger partial charge >= 0.3 is 0 Å². The van der Waals surface area contributed by atoms with Gasteiger partial charge in [0.15, 0.2) is 11.5 Å². The van der Waals surface area contributed by atoms with Crippen molar-refractivity contribution < 1.29 is 18.9 Å². The summed E-state index contributed by atoms with van der Waals surface area (Å²) in [5.74, 6) is 1.55. The number of aromatic nitrogens is 1. The SMILES string of the molecule is COc1cc(Nc2c(C#N)cnc3cc(C=CCCN4CCOCC4)ccc23)cc(OC)c1OC. The van der Waals surface area contributed by atoms with Crippen LogP contribution in [0.15, 0.2) is 42.6 Å². The number of nitrogens with one attached hydrogen (secondary N) is 1. The van der Waals surface area contributed by atoms with Crippen LogP contribution in [0.3, 0.4) is 0 Å².